The van der Waals surface area contributed by atoms with E-state index in [9.17, 15) is 0 Å². The van der Waals surface area contributed by atoms with Crippen LogP contribution in [-0.4, -0.2) is 18.8 Å². The van der Waals surface area contributed by atoms with E-state index in [4.69, 9.17) is 9.47 Å². The highest BCUT2D eigenvalue weighted by Gasteiger charge is 2.41. The lowest BCUT2D eigenvalue weighted by molar-refractivity contribution is 0.184. The Morgan fingerprint density at radius 3 is 2.71 bits per heavy atom. The van der Waals surface area contributed by atoms with Crippen molar-refractivity contribution in [1.29, 1.82) is 0 Å². The zero-order valence-electron chi connectivity index (χ0n) is 9.49. The molecule has 1 heterocycles. The predicted octanol–water partition coefficient (Wildman–Crippen LogP) is 2.91. The number of ether oxygens (including phenoxy) is 2. The van der Waals surface area contributed by atoms with Crippen LogP contribution in [0.2, 0.25) is 0 Å². The van der Waals surface area contributed by atoms with Gasteiger partial charge < -0.3 is 9.47 Å². The average molecular weight is 196 g/mol. The van der Waals surface area contributed by atoms with Gasteiger partial charge >= 0.3 is 0 Å². The van der Waals surface area contributed by atoms with Gasteiger partial charge in [0.05, 0.1) is 11.9 Å². The smallest absolute Gasteiger partial charge is 0.118 e. The zero-order chi connectivity index (χ0) is 10.6. The van der Waals surface area contributed by atoms with Gasteiger partial charge in [0, 0.05) is 0 Å². The minimum absolute atomic E-state index is 0.309. The van der Waals surface area contributed by atoms with E-state index in [1.807, 2.05) is 32.1 Å². The van der Waals surface area contributed by atoms with Gasteiger partial charge in [-0.1, -0.05) is 26.0 Å². The van der Waals surface area contributed by atoms with Crippen molar-refractivity contribution in [1.82, 2.24) is 0 Å². The number of allylic oxidation sites excluding steroid dienone is 4. The first kappa shape index (κ1) is 11.3. The van der Waals surface area contributed by atoms with E-state index in [0.717, 1.165) is 5.76 Å². The summed E-state index contributed by atoms with van der Waals surface area (Å²) in [6.45, 7) is 8.98. The summed E-state index contributed by atoms with van der Waals surface area (Å²) in [5, 5.41) is 0. The van der Waals surface area contributed by atoms with Gasteiger partial charge in [-0.15, -0.1) is 0 Å². The highest BCUT2D eigenvalue weighted by Crippen LogP contribution is 2.29. The monoisotopic (exact) mass is 196 g/mol. The van der Waals surface area contributed by atoms with Gasteiger partial charge in [-0.05, 0) is 25.8 Å². The minimum atomic E-state index is 0.309. The van der Waals surface area contributed by atoms with Crippen molar-refractivity contribution in [2.75, 3.05) is 6.61 Å². The van der Waals surface area contributed by atoms with E-state index in [2.05, 4.69) is 13.8 Å². The number of hydrogen-bond donors (Lipinski definition) is 0. The van der Waals surface area contributed by atoms with E-state index < -0.39 is 0 Å². The van der Waals surface area contributed by atoms with Crippen LogP contribution in [0.5, 0.6) is 0 Å². The van der Waals surface area contributed by atoms with E-state index >= 15 is 0 Å². The van der Waals surface area contributed by atoms with Crippen molar-refractivity contribution in [3.8, 4) is 0 Å². The summed E-state index contributed by atoms with van der Waals surface area (Å²) in [5.74, 6) is 1.55. The first-order valence-electron chi connectivity index (χ1n) is 5.23. The molecule has 1 fully saturated rings. The summed E-state index contributed by atoms with van der Waals surface area (Å²) in [6, 6.07) is 0. The van der Waals surface area contributed by atoms with E-state index in [0.29, 0.717) is 24.7 Å². The molecule has 0 aromatic heterocycles. The molecular formula is C12H20O2. The molecule has 14 heavy (non-hydrogen) atoms. The Hall–Kier alpha value is -0.760. The maximum Gasteiger partial charge on any atom is 0.118 e. The molecule has 0 radical (unpaired) electrons. The Balaban J connectivity index is 2.16. The molecule has 0 spiro atoms. The van der Waals surface area contributed by atoms with Crippen molar-refractivity contribution in [2.45, 2.75) is 39.9 Å². The second-order valence-electron chi connectivity index (χ2n) is 4.00. The standard InChI is InChI=1S/C12H20O2/c1-5-6-7-10(4)13-8-11-12(14-11)9(2)3/h5-7,9,11-12H,8H2,1-4H3/b6-5-,10-7+. The highest BCUT2D eigenvalue weighted by atomic mass is 16.6. The third-order valence-electron chi connectivity index (χ3n) is 2.28. The lowest BCUT2D eigenvalue weighted by Crippen LogP contribution is -2.07. The van der Waals surface area contributed by atoms with Crippen LogP contribution < -0.4 is 0 Å². The van der Waals surface area contributed by atoms with Crippen LogP contribution in [0.25, 0.3) is 0 Å². The number of rotatable bonds is 5. The molecule has 0 bridgehead atoms. The van der Waals surface area contributed by atoms with Gasteiger partial charge in [0.25, 0.3) is 0 Å². The van der Waals surface area contributed by atoms with Crippen LogP contribution in [0.4, 0.5) is 0 Å². The molecule has 0 amide bonds. The molecule has 1 aliphatic heterocycles. The molecule has 0 N–H and O–H groups in total. The first-order chi connectivity index (χ1) is 6.65. The molecule has 2 unspecified atom stereocenters. The Morgan fingerprint density at radius 1 is 1.50 bits per heavy atom. The summed E-state index contributed by atoms with van der Waals surface area (Å²) >= 11 is 0. The zero-order valence-corrected chi connectivity index (χ0v) is 9.49. The molecule has 1 saturated heterocycles. The van der Waals surface area contributed by atoms with Gasteiger partial charge in [-0.3, -0.25) is 0 Å². The molecule has 1 aliphatic rings. The largest absolute Gasteiger partial charge is 0.495 e. The first-order valence-corrected chi connectivity index (χ1v) is 5.23. The fourth-order valence-electron chi connectivity index (χ4n) is 1.37. The molecule has 0 saturated carbocycles. The average Bonchev–Trinajstić information content (AvgIpc) is 2.90. The molecular weight excluding hydrogens is 176 g/mol. The SMILES string of the molecule is C/C=C\C=C(/C)OCC1OC1C(C)C. The van der Waals surface area contributed by atoms with Gasteiger partial charge in [0.2, 0.25) is 0 Å². The van der Waals surface area contributed by atoms with Crippen molar-refractivity contribution in [3.63, 3.8) is 0 Å². The van der Waals surface area contributed by atoms with Crippen molar-refractivity contribution >= 4 is 0 Å². The quantitative estimate of drug-likeness (QED) is 0.383. The van der Waals surface area contributed by atoms with E-state index in [1.54, 1.807) is 0 Å². The Labute approximate surface area is 86.6 Å². The Bertz CT molecular complexity index is 228. The van der Waals surface area contributed by atoms with Crippen molar-refractivity contribution in [2.24, 2.45) is 5.92 Å². The third-order valence-corrected chi connectivity index (χ3v) is 2.28. The lowest BCUT2D eigenvalue weighted by atomic mass is 10.1. The van der Waals surface area contributed by atoms with Crippen LogP contribution in [0.3, 0.4) is 0 Å². The number of epoxide rings is 1. The minimum Gasteiger partial charge on any atom is -0.495 e. The maximum absolute atomic E-state index is 5.53. The molecule has 80 valence electrons. The van der Waals surface area contributed by atoms with Gasteiger partial charge in [-0.25, -0.2) is 0 Å². The molecule has 0 aromatic carbocycles. The topological polar surface area (TPSA) is 21.8 Å². The fraction of sp³-hybridized carbons (Fsp3) is 0.667. The highest BCUT2D eigenvalue weighted by molar-refractivity contribution is 5.05. The Kier molecular flexibility index (Phi) is 4.21. The Morgan fingerprint density at radius 2 is 2.21 bits per heavy atom. The molecule has 2 heteroatoms. The summed E-state index contributed by atoms with van der Waals surface area (Å²) in [7, 11) is 0. The van der Waals surface area contributed by atoms with Gasteiger partial charge in [0.15, 0.2) is 0 Å². The molecule has 2 nitrogen and oxygen atoms in total. The molecule has 0 aliphatic carbocycles. The predicted molar refractivity (Wildman–Crippen MR) is 58.0 cm³/mol. The summed E-state index contributed by atoms with van der Waals surface area (Å²) in [4.78, 5) is 0. The summed E-state index contributed by atoms with van der Waals surface area (Å²) in [5.41, 5.74) is 0. The van der Waals surface area contributed by atoms with E-state index in [-0.39, 0.29) is 0 Å². The van der Waals surface area contributed by atoms with Crippen LogP contribution in [0.15, 0.2) is 24.0 Å². The van der Waals surface area contributed by atoms with Crippen LogP contribution in [0.1, 0.15) is 27.7 Å². The van der Waals surface area contributed by atoms with Gasteiger partial charge in [0.1, 0.15) is 12.7 Å². The second kappa shape index (κ2) is 5.20. The lowest BCUT2D eigenvalue weighted by Gasteiger charge is -2.03. The second-order valence-corrected chi connectivity index (χ2v) is 4.00. The van der Waals surface area contributed by atoms with Crippen LogP contribution in [0, 0.1) is 5.92 Å². The molecule has 1 rings (SSSR count). The van der Waals surface area contributed by atoms with Gasteiger partial charge in [-0.2, -0.15) is 0 Å². The third kappa shape index (κ3) is 3.54. The molecule has 2 atom stereocenters. The molecule has 0 aromatic rings. The van der Waals surface area contributed by atoms with Crippen molar-refractivity contribution in [3.05, 3.63) is 24.0 Å². The summed E-state index contributed by atoms with van der Waals surface area (Å²) < 4.78 is 11.0. The van der Waals surface area contributed by atoms with Crippen LogP contribution >= 0.6 is 0 Å². The normalized spacial score (nSPS) is 27.4. The van der Waals surface area contributed by atoms with Crippen LogP contribution in [-0.2, 0) is 9.47 Å². The summed E-state index contributed by atoms with van der Waals surface area (Å²) in [6.07, 6.45) is 6.64. The maximum atomic E-state index is 5.53. The van der Waals surface area contributed by atoms with Crippen molar-refractivity contribution < 1.29 is 9.47 Å². The van der Waals surface area contributed by atoms with E-state index in [1.165, 1.54) is 0 Å². The fourth-order valence-corrected chi connectivity index (χ4v) is 1.37. The number of hydrogen-bond acceptors (Lipinski definition) is 2.